The molecule has 0 aliphatic carbocycles. The van der Waals surface area contributed by atoms with Gasteiger partial charge in [-0.05, 0) is 18.2 Å². The van der Waals surface area contributed by atoms with Crippen molar-refractivity contribution in [3.63, 3.8) is 0 Å². The minimum absolute atomic E-state index is 0.0353. The normalized spacial score (nSPS) is 11.5. The van der Waals surface area contributed by atoms with Crippen molar-refractivity contribution in [2.24, 2.45) is 0 Å². The summed E-state index contributed by atoms with van der Waals surface area (Å²) >= 11 is 12.6. The molecule has 0 aliphatic rings. The van der Waals surface area contributed by atoms with Crippen LogP contribution in [0.1, 0.15) is 15.5 Å². The molecule has 0 aliphatic heterocycles. The molecule has 6 nitrogen and oxygen atoms in total. The maximum absolute atomic E-state index is 12.1. The number of hydrogen-bond acceptors (Lipinski definition) is 5. The van der Waals surface area contributed by atoms with Gasteiger partial charge in [0.25, 0.3) is 0 Å². The fourth-order valence-corrected chi connectivity index (χ4v) is 3.55. The molecule has 1 aromatic carbocycles. The molecule has 0 amide bonds. The number of aromatic carboxylic acids is 1. The molecule has 0 radical (unpaired) electrons. The second-order valence-electron chi connectivity index (χ2n) is 3.83. The van der Waals surface area contributed by atoms with Gasteiger partial charge in [0.1, 0.15) is 5.01 Å². The predicted molar refractivity (Wildman–Crippen MR) is 79.6 cm³/mol. The van der Waals surface area contributed by atoms with Crippen molar-refractivity contribution in [2.45, 2.75) is 11.4 Å². The van der Waals surface area contributed by atoms with Crippen LogP contribution in [0.3, 0.4) is 0 Å². The van der Waals surface area contributed by atoms with E-state index in [9.17, 15) is 13.2 Å². The summed E-state index contributed by atoms with van der Waals surface area (Å²) in [6.45, 7) is -0.111. The lowest BCUT2D eigenvalue weighted by molar-refractivity contribution is 0.0691. The highest BCUT2D eigenvalue weighted by atomic mass is 35.5. The maximum atomic E-state index is 12.1. The first-order chi connectivity index (χ1) is 9.79. The third-order valence-corrected chi connectivity index (χ3v) is 5.37. The van der Waals surface area contributed by atoms with Crippen LogP contribution in [0.15, 0.2) is 28.5 Å². The van der Waals surface area contributed by atoms with Gasteiger partial charge in [-0.25, -0.2) is 22.9 Å². The van der Waals surface area contributed by atoms with Gasteiger partial charge >= 0.3 is 5.97 Å². The molecule has 0 bridgehead atoms. The Morgan fingerprint density at radius 2 is 2.05 bits per heavy atom. The number of halogens is 2. The molecular formula is C11H8Cl2N2O4S2. The van der Waals surface area contributed by atoms with E-state index in [2.05, 4.69) is 9.71 Å². The second-order valence-corrected chi connectivity index (χ2v) is 7.36. The van der Waals surface area contributed by atoms with Crippen molar-refractivity contribution in [2.75, 3.05) is 0 Å². The first-order valence-corrected chi connectivity index (χ1v) is 8.54. The maximum Gasteiger partial charge on any atom is 0.355 e. The smallest absolute Gasteiger partial charge is 0.355 e. The van der Waals surface area contributed by atoms with Crippen molar-refractivity contribution in [1.29, 1.82) is 0 Å². The molecule has 0 saturated carbocycles. The SMILES string of the molecule is O=C(O)c1csc(CNS(=O)(=O)c2ccc(Cl)c(Cl)c2)n1. The summed E-state index contributed by atoms with van der Waals surface area (Å²) in [5.74, 6) is -1.16. The van der Waals surface area contributed by atoms with Crippen LogP contribution in [0.5, 0.6) is 0 Å². The van der Waals surface area contributed by atoms with Crippen LogP contribution in [-0.4, -0.2) is 24.5 Å². The number of benzene rings is 1. The number of nitrogens with one attached hydrogen (secondary N) is 1. The number of carboxylic acid groups (broad SMARTS) is 1. The summed E-state index contributed by atoms with van der Waals surface area (Å²) < 4.78 is 26.4. The van der Waals surface area contributed by atoms with E-state index in [4.69, 9.17) is 28.3 Å². The molecule has 0 saturated heterocycles. The zero-order valence-corrected chi connectivity index (χ0v) is 13.4. The van der Waals surface area contributed by atoms with Gasteiger partial charge in [0.2, 0.25) is 10.0 Å². The number of carbonyl (C=O) groups is 1. The van der Waals surface area contributed by atoms with Gasteiger partial charge in [0, 0.05) is 5.38 Å². The largest absolute Gasteiger partial charge is 0.476 e. The summed E-state index contributed by atoms with van der Waals surface area (Å²) in [5, 5.41) is 10.8. The van der Waals surface area contributed by atoms with Crippen molar-refractivity contribution in [3.8, 4) is 0 Å². The lowest BCUT2D eigenvalue weighted by Crippen LogP contribution is -2.23. The molecule has 0 unspecified atom stereocenters. The van der Waals surface area contributed by atoms with Crippen LogP contribution in [-0.2, 0) is 16.6 Å². The fraction of sp³-hybridized carbons (Fsp3) is 0.0909. The number of rotatable bonds is 5. The van der Waals surface area contributed by atoms with E-state index in [1.54, 1.807) is 0 Å². The monoisotopic (exact) mass is 366 g/mol. The highest BCUT2D eigenvalue weighted by Gasteiger charge is 2.16. The Hall–Kier alpha value is -1.19. The van der Waals surface area contributed by atoms with Crippen LogP contribution < -0.4 is 4.72 Å². The molecule has 10 heteroatoms. The lowest BCUT2D eigenvalue weighted by Gasteiger charge is -2.06. The number of aromatic nitrogens is 1. The van der Waals surface area contributed by atoms with Crippen molar-refractivity contribution in [1.82, 2.24) is 9.71 Å². The molecule has 1 aromatic heterocycles. The highest BCUT2D eigenvalue weighted by molar-refractivity contribution is 7.89. The lowest BCUT2D eigenvalue weighted by atomic mass is 10.4. The van der Waals surface area contributed by atoms with Gasteiger partial charge in [-0.1, -0.05) is 23.2 Å². The summed E-state index contributed by atoms with van der Waals surface area (Å²) in [4.78, 5) is 14.4. The first-order valence-electron chi connectivity index (χ1n) is 5.42. The summed E-state index contributed by atoms with van der Waals surface area (Å²) in [5.41, 5.74) is -0.122. The van der Waals surface area contributed by atoms with E-state index in [0.29, 0.717) is 5.01 Å². The van der Waals surface area contributed by atoms with Crippen LogP contribution in [0.4, 0.5) is 0 Å². The Balaban J connectivity index is 2.13. The molecule has 0 spiro atoms. The van der Waals surface area contributed by atoms with Crippen LogP contribution >= 0.6 is 34.5 Å². The Kier molecular flexibility index (Phi) is 4.84. The van der Waals surface area contributed by atoms with Crippen LogP contribution in [0.25, 0.3) is 0 Å². The molecule has 2 N–H and O–H groups in total. The van der Waals surface area contributed by atoms with Crippen molar-refractivity contribution >= 4 is 50.5 Å². The second kappa shape index (κ2) is 6.29. The third kappa shape index (κ3) is 3.92. The quantitative estimate of drug-likeness (QED) is 0.847. The van der Waals surface area contributed by atoms with Gasteiger partial charge in [-0.2, -0.15) is 0 Å². The van der Waals surface area contributed by atoms with Crippen LogP contribution in [0.2, 0.25) is 10.0 Å². The Morgan fingerprint density at radius 3 is 2.62 bits per heavy atom. The number of thiazole rings is 1. The van der Waals surface area contributed by atoms with E-state index in [1.165, 1.54) is 23.6 Å². The van der Waals surface area contributed by atoms with Gasteiger partial charge in [0.05, 0.1) is 21.5 Å². The van der Waals surface area contributed by atoms with E-state index in [-0.39, 0.29) is 27.2 Å². The first kappa shape index (κ1) is 16.2. The number of nitrogens with zero attached hydrogens (tertiary/aromatic N) is 1. The van der Waals surface area contributed by atoms with Crippen LogP contribution in [0, 0.1) is 0 Å². The molecule has 0 atom stereocenters. The van der Waals surface area contributed by atoms with E-state index >= 15 is 0 Å². The fourth-order valence-electron chi connectivity index (χ4n) is 1.37. The number of hydrogen-bond donors (Lipinski definition) is 2. The molecule has 21 heavy (non-hydrogen) atoms. The predicted octanol–water partition coefficient (Wildman–Crippen LogP) is 2.63. The average Bonchev–Trinajstić information content (AvgIpc) is 2.89. The van der Waals surface area contributed by atoms with Gasteiger partial charge < -0.3 is 5.11 Å². The Labute approximate surface area is 134 Å². The van der Waals surface area contributed by atoms with E-state index in [1.807, 2.05) is 0 Å². The molecular weight excluding hydrogens is 359 g/mol. The highest BCUT2D eigenvalue weighted by Crippen LogP contribution is 2.24. The summed E-state index contributed by atoms with van der Waals surface area (Å²) in [6, 6.07) is 3.93. The molecule has 112 valence electrons. The molecule has 0 fully saturated rings. The standard InChI is InChI=1S/C11H8Cl2N2O4S2/c12-7-2-1-6(3-8(7)13)21(18,19)14-4-10-15-9(5-20-10)11(16)17/h1-3,5,14H,4H2,(H,16,17). The van der Waals surface area contributed by atoms with Gasteiger partial charge in [0.15, 0.2) is 5.69 Å². The minimum atomic E-state index is -3.78. The average molecular weight is 367 g/mol. The minimum Gasteiger partial charge on any atom is -0.476 e. The zero-order chi connectivity index (χ0) is 15.6. The third-order valence-electron chi connectivity index (χ3n) is 2.39. The molecule has 2 aromatic rings. The van der Waals surface area contributed by atoms with E-state index in [0.717, 1.165) is 11.3 Å². The number of carboxylic acids is 1. The topological polar surface area (TPSA) is 96.4 Å². The van der Waals surface area contributed by atoms with Crippen molar-refractivity contribution in [3.05, 3.63) is 44.3 Å². The van der Waals surface area contributed by atoms with Crippen molar-refractivity contribution < 1.29 is 18.3 Å². The summed E-state index contributed by atoms with van der Waals surface area (Å²) in [6.07, 6.45) is 0. The summed E-state index contributed by atoms with van der Waals surface area (Å²) in [7, 11) is -3.78. The van der Waals surface area contributed by atoms with Gasteiger partial charge in [-0.3, -0.25) is 0 Å². The zero-order valence-electron chi connectivity index (χ0n) is 10.2. The van der Waals surface area contributed by atoms with E-state index < -0.39 is 16.0 Å². The Bertz CT molecular complexity index is 789. The van der Waals surface area contributed by atoms with Gasteiger partial charge in [-0.15, -0.1) is 11.3 Å². The molecule has 1 heterocycles. The molecule has 2 rings (SSSR count). The number of sulfonamides is 1. The Morgan fingerprint density at radius 1 is 1.33 bits per heavy atom.